The highest BCUT2D eigenvalue weighted by Gasteiger charge is 2.34. The van der Waals surface area contributed by atoms with E-state index in [1.165, 1.54) is 24.1 Å². The molecule has 0 aromatic heterocycles. The summed E-state index contributed by atoms with van der Waals surface area (Å²) in [5.41, 5.74) is 1.90. The minimum Gasteiger partial charge on any atom is -0.495 e. The van der Waals surface area contributed by atoms with Gasteiger partial charge in [-0.15, -0.1) is 0 Å². The molecular weight excluding hydrogens is 642 g/mol. The molecule has 224 valence electrons. The maximum Gasteiger partial charge on any atom is 0.244 e. The molecule has 4 rings (SSSR count). The molecule has 42 heavy (non-hydrogen) atoms. The normalized spacial score (nSPS) is 14.3. The van der Waals surface area contributed by atoms with Gasteiger partial charge in [0.15, 0.2) is 0 Å². The Hall–Kier alpha value is -3.08. The smallest absolute Gasteiger partial charge is 0.244 e. The van der Waals surface area contributed by atoms with Gasteiger partial charge in [-0.05, 0) is 54.3 Å². The van der Waals surface area contributed by atoms with Crippen LogP contribution in [-0.2, 0) is 32.6 Å². The number of methoxy groups -OCH3 is 1. The fourth-order valence-electron chi connectivity index (χ4n) is 5.18. The molecule has 1 N–H and O–H groups in total. The quantitative estimate of drug-likeness (QED) is 0.271. The van der Waals surface area contributed by atoms with Crippen molar-refractivity contribution in [1.29, 1.82) is 0 Å². The van der Waals surface area contributed by atoms with Crippen LogP contribution in [0.25, 0.3) is 0 Å². The highest BCUT2D eigenvalue weighted by molar-refractivity contribution is 9.10. The summed E-state index contributed by atoms with van der Waals surface area (Å²) in [7, 11) is -2.45. The lowest BCUT2D eigenvalue weighted by Gasteiger charge is -2.34. The summed E-state index contributed by atoms with van der Waals surface area (Å²) in [6.45, 7) is -0.410. The number of carbonyl (C=O) groups is 2. The van der Waals surface area contributed by atoms with Crippen LogP contribution in [0.15, 0.2) is 77.3 Å². The first-order chi connectivity index (χ1) is 20.0. The lowest BCUT2D eigenvalue weighted by atomic mass is 10.0. The van der Waals surface area contributed by atoms with E-state index in [2.05, 4.69) is 21.2 Å². The number of sulfonamides is 1. The number of benzene rings is 3. The van der Waals surface area contributed by atoms with Gasteiger partial charge in [-0.1, -0.05) is 82.8 Å². The van der Waals surface area contributed by atoms with E-state index in [-0.39, 0.29) is 35.6 Å². The number of ether oxygens (including phenoxy) is 1. The monoisotopic (exact) mass is 675 g/mol. The topological polar surface area (TPSA) is 96.0 Å². The molecule has 1 atom stereocenters. The number of nitrogens with one attached hydrogen (secondary N) is 1. The Bertz CT molecular complexity index is 1500. The molecule has 1 aliphatic carbocycles. The fraction of sp³-hybridized carbons (Fsp3) is 0.355. The molecule has 3 aromatic rings. The van der Waals surface area contributed by atoms with Gasteiger partial charge >= 0.3 is 0 Å². The summed E-state index contributed by atoms with van der Waals surface area (Å²) in [5.74, 6) is -0.398. The van der Waals surface area contributed by atoms with Crippen molar-refractivity contribution in [2.75, 3.05) is 24.2 Å². The lowest BCUT2D eigenvalue weighted by molar-refractivity contribution is -0.140. The predicted octanol–water partition coefficient (Wildman–Crippen LogP) is 5.58. The predicted molar refractivity (Wildman–Crippen MR) is 169 cm³/mol. The maximum absolute atomic E-state index is 14.2. The van der Waals surface area contributed by atoms with Crippen molar-refractivity contribution in [2.45, 2.75) is 50.7 Å². The van der Waals surface area contributed by atoms with E-state index >= 15 is 0 Å². The molecule has 3 aromatic carbocycles. The highest BCUT2D eigenvalue weighted by atomic mass is 79.9. The maximum atomic E-state index is 14.2. The third-order valence-corrected chi connectivity index (χ3v) is 9.25. The molecule has 1 saturated carbocycles. The van der Waals surface area contributed by atoms with E-state index in [1.807, 2.05) is 54.6 Å². The number of halogens is 2. The van der Waals surface area contributed by atoms with E-state index in [0.29, 0.717) is 5.75 Å². The SMILES string of the molecule is COc1ccc(N(CC(=O)N(Cc2cccc(Br)c2)C(Cc2ccccc2)C(=O)NC2CCCC2)S(C)(=O)=O)cc1Cl. The van der Waals surface area contributed by atoms with Crippen LogP contribution < -0.4 is 14.4 Å². The van der Waals surface area contributed by atoms with E-state index in [1.54, 1.807) is 6.07 Å². The number of nitrogens with zero attached hydrogens (tertiary/aromatic N) is 2. The Balaban J connectivity index is 1.73. The highest BCUT2D eigenvalue weighted by Crippen LogP contribution is 2.30. The summed E-state index contributed by atoms with van der Waals surface area (Å²) in [4.78, 5) is 29.6. The summed E-state index contributed by atoms with van der Waals surface area (Å²) in [5, 5.41) is 3.37. The Labute approximate surface area is 261 Å². The van der Waals surface area contributed by atoms with Gasteiger partial charge in [-0.2, -0.15) is 0 Å². The van der Waals surface area contributed by atoms with Crippen LogP contribution in [0.5, 0.6) is 5.75 Å². The van der Waals surface area contributed by atoms with Crippen molar-refractivity contribution < 1.29 is 22.7 Å². The summed E-state index contributed by atoms with van der Waals surface area (Å²) in [6, 6.07) is 20.7. The average Bonchev–Trinajstić information content (AvgIpc) is 3.46. The fourth-order valence-corrected chi connectivity index (χ4v) is 6.72. The number of hydrogen-bond acceptors (Lipinski definition) is 5. The van der Waals surface area contributed by atoms with Gasteiger partial charge in [-0.25, -0.2) is 8.42 Å². The van der Waals surface area contributed by atoms with Gasteiger partial charge in [-0.3, -0.25) is 13.9 Å². The Morgan fingerprint density at radius 3 is 2.33 bits per heavy atom. The van der Waals surface area contributed by atoms with Crippen LogP contribution in [0.4, 0.5) is 5.69 Å². The molecule has 0 spiro atoms. The Morgan fingerprint density at radius 1 is 1.02 bits per heavy atom. The Kier molecular flexibility index (Phi) is 10.9. The minimum atomic E-state index is -3.91. The molecule has 2 amide bonds. The standard InChI is InChI=1S/C31H35BrClN3O5S/c1-41-29-16-15-26(19-27(29)33)36(42(2,39)40)21-30(37)35(20-23-11-8-12-24(32)17-23)28(18-22-9-4-3-5-10-22)31(38)34-25-13-6-7-14-25/h3-5,8-12,15-17,19,25,28H,6-7,13-14,18,20-21H2,1-2H3,(H,34,38). The first-order valence-electron chi connectivity index (χ1n) is 13.7. The van der Waals surface area contributed by atoms with Crippen molar-refractivity contribution in [1.82, 2.24) is 10.2 Å². The summed E-state index contributed by atoms with van der Waals surface area (Å²) >= 11 is 9.80. The van der Waals surface area contributed by atoms with Gasteiger partial charge in [0.1, 0.15) is 18.3 Å². The molecule has 8 nitrogen and oxygen atoms in total. The van der Waals surface area contributed by atoms with Gasteiger partial charge in [0.25, 0.3) is 0 Å². The zero-order valence-electron chi connectivity index (χ0n) is 23.6. The zero-order valence-corrected chi connectivity index (χ0v) is 26.8. The number of rotatable bonds is 12. The molecular formula is C31H35BrClN3O5S. The zero-order chi connectivity index (χ0) is 30.3. The van der Waals surface area contributed by atoms with Crippen LogP contribution in [-0.4, -0.2) is 57.1 Å². The first-order valence-corrected chi connectivity index (χ1v) is 16.8. The van der Waals surface area contributed by atoms with Gasteiger partial charge in [0.2, 0.25) is 21.8 Å². The van der Waals surface area contributed by atoms with Crippen molar-refractivity contribution in [2.24, 2.45) is 0 Å². The van der Waals surface area contributed by atoms with E-state index < -0.39 is 28.5 Å². The van der Waals surface area contributed by atoms with Crippen molar-refractivity contribution in [3.63, 3.8) is 0 Å². The molecule has 0 radical (unpaired) electrons. The van der Waals surface area contributed by atoms with Crippen LogP contribution in [0.2, 0.25) is 5.02 Å². The molecule has 11 heteroatoms. The number of carbonyl (C=O) groups excluding carboxylic acids is 2. The number of amides is 2. The number of hydrogen-bond donors (Lipinski definition) is 1. The molecule has 1 unspecified atom stereocenters. The third kappa shape index (κ3) is 8.49. The van der Waals surface area contributed by atoms with Gasteiger partial charge in [0, 0.05) is 23.5 Å². The lowest BCUT2D eigenvalue weighted by Crippen LogP contribution is -2.54. The third-order valence-electron chi connectivity index (χ3n) is 7.32. The van der Waals surface area contributed by atoms with Crippen molar-refractivity contribution >= 4 is 55.1 Å². The van der Waals surface area contributed by atoms with E-state index in [4.69, 9.17) is 16.3 Å². The van der Waals surface area contributed by atoms with Crippen LogP contribution in [0.1, 0.15) is 36.8 Å². The van der Waals surface area contributed by atoms with Crippen LogP contribution >= 0.6 is 27.5 Å². The second-order valence-electron chi connectivity index (χ2n) is 10.4. The average molecular weight is 677 g/mol. The minimum absolute atomic E-state index is 0.0487. The number of anilines is 1. The molecule has 1 fully saturated rings. The van der Waals surface area contributed by atoms with E-state index in [0.717, 1.165) is 51.8 Å². The molecule has 0 bridgehead atoms. The largest absolute Gasteiger partial charge is 0.495 e. The van der Waals surface area contributed by atoms with Gasteiger partial charge < -0.3 is 15.0 Å². The van der Waals surface area contributed by atoms with Crippen molar-refractivity contribution in [3.05, 3.63) is 93.4 Å². The molecule has 0 heterocycles. The van der Waals surface area contributed by atoms with Crippen molar-refractivity contribution in [3.8, 4) is 5.75 Å². The van der Waals surface area contributed by atoms with Crippen LogP contribution in [0, 0.1) is 0 Å². The van der Waals surface area contributed by atoms with Crippen LogP contribution in [0.3, 0.4) is 0 Å². The first kappa shape index (κ1) is 31.8. The molecule has 0 saturated heterocycles. The summed E-state index contributed by atoms with van der Waals surface area (Å²) < 4.78 is 33.0. The second-order valence-corrected chi connectivity index (χ2v) is 13.7. The molecule has 0 aliphatic heterocycles. The second kappa shape index (κ2) is 14.4. The van der Waals surface area contributed by atoms with Gasteiger partial charge in [0.05, 0.1) is 24.1 Å². The summed E-state index contributed by atoms with van der Waals surface area (Å²) in [6.07, 6.45) is 5.18. The molecule has 1 aliphatic rings. The Morgan fingerprint density at radius 2 is 1.71 bits per heavy atom. The van der Waals surface area contributed by atoms with E-state index in [9.17, 15) is 18.0 Å².